The third-order valence-electron chi connectivity index (χ3n) is 1.51. The van der Waals surface area contributed by atoms with Crippen molar-refractivity contribution in [1.29, 1.82) is 0 Å². The number of nitrogens with zero attached hydrogens (tertiary/aromatic N) is 1. The van der Waals surface area contributed by atoms with Crippen LogP contribution in [0, 0.1) is 5.82 Å². The molecular weight excluding hydrogens is 157 g/mol. The van der Waals surface area contributed by atoms with Crippen molar-refractivity contribution in [2.24, 2.45) is 0 Å². The quantitative estimate of drug-likeness (QED) is 0.645. The van der Waals surface area contributed by atoms with E-state index in [1.165, 1.54) is 18.5 Å². The van der Waals surface area contributed by atoms with Crippen molar-refractivity contribution < 1.29 is 8.81 Å². The fourth-order valence-corrected chi connectivity index (χ4v) is 0.980. The van der Waals surface area contributed by atoms with E-state index >= 15 is 0 Å². The van der Waals surface area contributed by atoms with E-state index in [0.29, 0.717) is 5.76 Å². The summed E-state index contributed by atoms with van der Waals surface area (Å²) in [6.07, 6.45) is 3.02. The van der Waals surface area contributed by atoms with Crippen LogP contribution in [0.1, 0.15) is 0 Å². The Morgan fingerprint density at radius 3 is 2.83 bits per heavy atom. The summed E-state index contributed by atoms with van der Waals surface area (Å²) in [5.74, 6) is 0.0838. The van der Waals surface area contributed by atoms with Gasteiger partial charge in [-0.15, -0.1) is 0 Å². The maximum Gasteiger partial charge on any atom is 0.155 e. The Kier molecular flexibility index (Phi) is 1.63. The molecule has 0 aromatic carbocycles. The van der Waals surface area contributed by atoms with Gasteiger partial charge in [-0.1, -0.05) is 0 Å². The van der Waals surface area contributed by atoms with Gasteiger partial charge in [0.25, 0.3) is 0 Å². The monoisotopic (exact) mass is 163 g/mol. The fraction of sp³-hybridized carbons (Fsp3) is 0. The van der Waals surface area contributed by atoms with Gasteiger partial charge in [-0.3, -0.25) is 0 Å². The Morgan fingerprint density at radius 2 is 2.17 bits per heavy atom. The summed E-state index contributed by atoms with van der Waals surface area (Å²) in [5, 5.41) is 0. The second kappa shape index (κ2) is 2.77. The van der Waals surface area contributed by atoms with E-state index in [2.05, 4.69) is 4.98 Å². The van der Waals surface area contributed by atoms with Crippen LogP contribution in [0.4, 0.5) is 4.39 Å². The summed E-state index contributed by atoms with van der Waals surface area (Å²) >= 11 is 0. The lowest BCUT2D eigenvalue weighted by Crippen LogP contribution is -1.85. The second-order valence-electron chi connectivity index (χ2n) is 2.31. The average molecular weight is 163 g/mol. The van der Waals surface area contributed by atoms with Gasteiger partial charge in [0.05, 0.1) is 6.26 Å². The molecule has 12 heavy (non-hydrogen) atoms. The highest BCUT2D eigenvalue weighted by atomic mass is 19.1. The summed E-state index contributed by atoms with van der Waals surface area (Å²) in [7, 11) is 0. The minimum Gasteiger partial charge on any atom is -0.463 e. The zero-order chi connectivity index (χ0) is 8.39. The first-order chi connectivity index (χ1) is 5.88. The molecule has 0 amide bonds. The summed E-state index contributed by atoms with van der Waals surface area (Å²) in [4.78, 5) is 3.85. The predicted octanol–water partition coefficient (Wildman–Crippen LogP) is 2.48. The molecule has 0 fully saturated rings. The van der Waals surface area contributed by atoms with E-state index in [9.17, 15) is 4.39 Å². The van der Waals surface area contributed by atoms with Crippen molar-refractivity contribution in [1.82, 2.24) is 4.98 Å². The molecule has 0 saturated heterocycles. The number of pyridine rings is 1. The first kappa shape index (κ1) is 7.03. The van der Waals surface area contributed by atoms with Crippen molar-refractivity contribution >= 4 is 0 Å². The van der Waals surface area contributed by atoms with Gasteiger partial charge in [-0.05, 0) is 24.3 Å². The van der Waals surface area contributed by atoms with Crippen molar-refractivity contribution in [2.75, 3.05) is 0 Å². The largest absolute Gasteiger partial charge is 0.463 e. The van der Waals surface area contributed by atoms with Crippen molar-refractivity contribution in [3.8, 4) is 11.5 Å². The molecule has 0 unspecified atom stereocenters. The van der Waals surface area contributed by atoms with Crippen LogP contribution in [-0.2, 0) is 0 Å². The van der Waals surface area contributed by atoms with E-state index in [1.54, 1.807) is 18.2 Å². The molecule has 0 radical (unpaired) electrons. The van der Waals surface area contributed by atoms with E-state index in [1.807, 2.05) is 0 Å². The second-order valence-corrected chi connectivity index (χ2v) is 2.31. The molecule has 0 N–H and O–H groups in total. The third kappa shape index (κ3) is 1.09. The van der Waals surface area contributed by atoms with Crippen molar-refractivity contribution in [2.45, 2.75) is 0 Å². The lowest BCUT2D eigenvalue weighted by molar-refractivity contribution is 0.564. The molecule has 2 nitrogen and oxygen atoms in total. The van der Waals surface area contributed by atoms with Gasteiger partial charge >= 0.3 is 0 Å². The van der Waals surface area contributed by atoms with Crippen LogP contribution in [0.5, 0.6) is 0 Å². The Hall–Kier alpha value is -1.64. The zero-order valence-corrected chi connectivity index (χ0v) is 6.20. The lowest BCUT2D eigenvalue weighted by Gasteiger charge is -1.95. The van der Waals surface area contributed by atoms with Crippen molar-refractivity contribution in [3.63, 3.8) is 0 Å². The highest BCUT2D eigenvalue weighted by molar-refractivity contribution is 5.51. The SMILES string of the molecule is Fc1cccnc1-c1ccco1. The minimum absolute atomic E-state index is 0.252. The Labute approximate surface area is 68.7 Å². The summed E-state index contributed by atoms with van der Waals surface area (Å²) in [6, 6.07) is 6.27. The number of furan rings is 1. The maximum atomic E-state index is 13.0. The minimum atomic E-state index is -0.368. The molecule has 0 spiro atoms. The Bertz CT molecular complexity index is 370. The van der Waals surface area contributed by atoms with E-state index in [-0.39, 0.29) is 11.5 Å². The summed E-state index contributed by atoms with van der Waals surface area (Å²) in [5.41, 5.74) is 0.252. The van der Waals surface area contributed by atoms with Crippen LogP contribution in [0.2, 0.25) is 0 Å². The smallest absolute Gasteiger partial charge is 0.155 e. The van der Waals surface area contributed by atoms with Crippen LogP contribution >= 0.6 is 0 Å². The topological polar surface area (TPSA) is 26.0 Å². The van der Waals surface area contributed by atoms with Gasteiger partial charge < -0.3 is 4.42 Å². The predicted molar refractivity (Wildman–Crippen MR) is 41.9 cm³/mol. The van der Waals surface area contributed by atoms with Crippen LogP contribution in [0.25, 0.3) is 11.5 Å². The lowest BCUT2D eigenvalue weighted by atomic mass is 10.3. The van der Waals surface area contributed by atoms with Crippen molar-refractivity contribution in [3.05, 3.63) is 42.5 Å². The van der Waals surface area contributed by atoms with Gasteiger partial charge in [0, 0.05) is 6.20 Å². The van der Waals surface area contributed by atoms with Crippen LogP contribution < -0.4 is 0 Å². The van der Waals surface area contributed by atoms with E-state index < -0.39 is 0 Å². The van der Waals surface area contributed by atoms with Gasteiger partial charge in [0.15, 0.2) is 11.6 Å². The van der Waals surface area contributed by atoms with Crippen LogP contribution in [-0.4, -0.2) is 4.98 Å². The first-order valence-corrected chi connectivity index (χ1v) is 3.52. The van der Waals surface area contributed by atoms with E-state index in [4.69, 9.17) is 4.42 Å². The number of aromatic nitrogens is 1. The van der Waals surface area contributed by atoms with Gasteiger partial charge in [-0.2, -0.15) is 0 Å². The molecule has 60 valence electrons. The number of halogens is 1. The molecular formula is C9H6FNO. The molecule has 2 rings (SSSR count). The highest BCUT2D eigenvalue weighted by Crippen LogP contribution is 2.19. The first-order valence-electron chi connectivity index (χ1n) is 3.52. The average Bonchev–Trinajstić information content (AvgIpc) is 2.57. The number of hydrogen-bond acceptors (Lipinski definition) is 2. The van der Waals surface area contributed by atoms with Gasteiger partial charge in [0.2, 0.25) is 0 Å². The molecule has 2 aromatic rings. The summed E-state index contributed by atoms with van der Waals surface area (Å²) < 4.78 is 18.0. The Morgan fingerprint density at radius 1 is 1.25 bits per heavy atom. The molecule has 3 heteroatoms. The van der Waals surface area contributed by atoms with Gasteiger partial charge in [0.1, 0.15) is 5.69 Å². The maximum absolute atomic E-state index is 13.0. The van der Waals surface area contributed by atoms with E-state index in [0.717, 1.165) is 0 Å². The molecule has 0 aliphatic carbocycles. The molecule has 0 aliphatic rings. The molecule has 2 aromatic heterocycles. The summed E-state index contributed by atoms with van der Waals surface area (Å²) in [6.45, 7) is 0. The van der Waals surface area contributed by atoms with Crippen LogP contribution in [0.3, 0.4) is 0 Å². The Balaban J connectivity index is 2.55. The molecule has 0 atom stereocenters. The molecule has 0 bridgehead atoms. The number of rotatable bonds is 1. The standard InChI is InChI=1S/C9H6FNO/c10-7-3-1-5-11-9(7)8-4-2-6-12-8/h1-6H. The third-order valence-corrected chi connectivity index (χ3v) is 1.51. The van der Waals surface area contributed by atoms with Crippen LogP contribution in [0.15, 0.2) is 41.1 Å². The molecule has 0 aliphatic heterocycles. The molecule has 2 heterocycles. The molecule has 0 saturated carbocycles. The highest BCUT2D eigenvalue weighted by Gasteiger charge is 2.06. The normalized spacial score (nSPS) is 10.1. The van der Waals surface area contributed by atoms with Gasteiger partial charge in [-0.25, -0.2) is 9.37 Å². The number of hydrogen-bond donors (Lipinski definition) is 0. The fourth-order valence-electron chi connectivity index (χ4n) is 0.980. The zero-order valence-electron chi connectivity index (χ0n) is 6.20.